The Balaban J connectivity index is 2.06. The fourth-order valence-electron chi connectivity index (χ4n) is 2.77. The fraction of sp³-hybridized carbons (Fsp3) is 0.400. The van der Waals surface area contributed by atoms with E-state index in [1.165, 1.54) is 17.4 Å². The summed E-state index contributed by atoms with van der Waals surface area (Å²) < 4.78 is 14.8. The average Bonchev–Trinajstić information content (AvgIpc) is 2.70. The van der Waals surface area contributed by atoms with Crippen molar-refractivity contribution < 1.29 is 4.39 Å². The van der Waals surface area contributed by atoms with Gasteiger partial charge < -0.3 is 5.73 Å². The number of aromatic nitrogens is 1. The lowest BCUT2D eigenvalue weighted by atomic mass is 9.77. The molecule has 1 unspecified atom stereocenters. The first-order valence-electron chi connectivity index (χ1n) is 6.56. The number of halogens is 2. The van der Waals surface area contributed by atoms with Crippen LogP contribution in [-0.2, 0) is 6.42 Å². The number of rotatable bonds is 1. The van der Waals surface area contributed by atoms with Gasteiger partial charge >= 0.3 is 0 Å². The molecule has 1 aliphatic carbocycles. The first kappa shape index (κ1) is 14.2. The molecule has 0 bridgehead atoms. The van der Waals surface area contributed by atoms with Crippen molar-refractivity contribution in [3.63, 3.8) is 0 Å². The Labute approximate surface area is 130 Å². The first-order chi connectivity index (χ1) is 9.35. The van der Waals surface area contributed by atoms with Gasteiger partial charge in [0, 0.05) is 21.0 Å². The van der Waals surface area contributed by atoms with Crippen LogP contribution >= 0.6 is 27.3 Å². The van der Waals surface area contributed by atoms with Gasteiger partial charge in [-0.2, -0.15) is 0 Å². The van der Waals surface area contributed by atoms with Crippen LogP contribution in [0.4, 0.5) is 4.39 Å². The van der Waals surface area contributed by atoms with Gasteiger partial charge in [-0.05, 0) is 36.5 Å². The number of hydrogen-bond donors (Lipinski definition) is 1. The minimum Gasteiger partial charge on any atom is -0.323 e. The predicted molar refractivity (Wildman–Crippen MR) is 84.2 cm³/mol. The lowest BCUT2D eigenvalue weighted by Gasteiger charge is -2.32. The smallest absolute Gasteiger partial charge is 0.134 e. The molecule has 2 nitrogen and oxygen atoms in total. The third-order valence-corrected chi connectivity index (χ3v) is 5.40. The Morgan fingerprint density at radius 2 is 2.20 bits per heavy atom. The molecule has 2 aromatic rings. The summed E-state index contributed by atoms with van der Waals surface area (Å²) in [5.74, 6) is -0.252. The zero-order valence-corrected chi connectivity index (χ0v) is 13.8. The van der Waals surface area contributed by atoms with E-state index in [2.05, 4.69) is 34.8 Å². The maximum atomic E-state index is 14.1. The SMILES string of the molecule is CC1(C)Cc2nc(-c3ccc(Br)cc3F)sc2C(N)C1. The van der Waals surface area contributed by atoms with Gasteiger partial charge in [0.25, 0.3) is 0 Å². The predicted octanol–water partition coefficient (Wildman–Crippen LogP) is 4.68. The quantitative estimate of drug-likeness (QED) is 0.806. The molecule has 0 saturated carbocycles. The highest BCUT2D eigenvalue weighted by Crippen LogP contribution is 2.44. The molecule has 106 valence electrons. The standard InChI is InChI=1S/C15H16BrFN2S/c1-15(2)6-11(18)13-12(7-15)19-14(20-13)9-4-3-8(16)5-10(9)17/h3-5,11H,6-7,18H2,1-2H3. The zero-order chi connectivity index (χ0) is 14.5. The van der Waals surface area contributed by atoms with Crippen molar-refractivity contribution in [2.24, 2.45) is 11.1 Å². The Morgan fingerprint density at radius 1 is 1.45 bits per heavy atom. The van der Waals surface area contributed by atoms with E-state index >= 15 is 0 Å². The number of hydrogen-bond acceptors (Lipinski definition) is 3. The van der Waals surface area contributed by atoms with Crippen LogP contribution < -0.4 is 5.73 Å². The van der Waals surface area contributed by atoms with E-state index in [1.54, 1.807) is 6.07 Å². The summed E-state index contributed by atoms with van der Waals surface area (Å²) in [6.07, 6.45) is 1.86. The van der Waals surface area contributed by atoms with Crippen LogP contribution in [0, 0.1) is 11.2 Å². The molecular formula is C15H16BrFN2S. The van der Waals surface area contributed by atoms with E-state index in [4.69, 9.17) is 5.73 Å². The van der Waals surface area contributed by atoms with Gasteiger partial charge in [-0.25, -0.2) is 9.37 Å². The van der Waals surface area contributed by atoms with E-state index in [0.717, 1.165) is 32.9 Å². The van der Waals surface area contributed by atoms with Crippen molar-refractivity contribution in [2.75, 3.05) is 0 Å². The lowest BCUT2D eigenvalue weighted by molar-refractivity contribution is 0.282. The summed E-state index contributed by atoms with van der Waals surface area (Å²) in [6, 6.07) is 5.08. The molecule has 0 spiro atoms. The van der Waals surface area contributed by atoms with Crippen LogP contribution in [-0.4, -0.2) is 4.98 Å². The lowest BCUT2D eigenvalue weighted by Crippen LogP contribution is -2.28. The fourth-order valence-corrected chi connectivity index (χ4v) is 4.21. The summed E-state index contributed by atoms with van der Waals surface area (Å²) in [7, 11) is 0. The number of fused-ring (bicyclic) bond motifs is 1. The van der Waals surface area contributed by atoms with E-state index < -0.39 is 0 Å². The van der Waals surface area contributed by atoms with E-state index in [9.17, 15) is 4.39 Å². The van der Waals surface area contributed by atoms with Gasteiger partial charge in [0.05, 0.1) is 5.69 Å². The Kier molecular flexibility index (Phi) is 3.47. The van der Waals surface area contributed by atoms with E-state index in [-0.39, 0.29) is 17.3 Å². The van der Waals surface area contributed by atoms with Crippen molar-refractivity contribution in [1.29, 1.82) is 0 Å². The summed E-state index contributed by atoms with van der Waals surface area (Å²) in [6.45, 7) is 4.41. The molecular weight excluding hydrogens is 339 g/mol. The van der Waals surface area contributed by atoms with Crippen molar-refractivity contribution in [2.45, 2.75) is 32.7 Å². The molecule has 0 saturated heterocycles. The molecule has 20 heavy (non-hydrogen) atoms. The molecule has 1 aliphatic rings. The average molecular weight is 355 g/mol. The van der Waals surface area contributed by atoms with Gasteiger partial charge in [0.2, 0.25) is 0 Å². The molecule has 1 aromatic heterocycles. The number of thiazole rings is 1. The zero-order valence-electron chi connectivity index (χ0n) is 11.4. The Bertz CT molecular complexity index is 666. The van der Waals surface area contributed by atoms with Gasteiger partial charge in [-0.3, -0.25) is 0 Å². The summed E-state index contributed by atoms with van der Waals surface area (Å²) in [4.78, 5) is 5.75. The summed E-state index contributed by atoms with van der Waals surface area (Å²) in [5, 5.41) is 0.730. The number of nitrogens with zero attached hydrogens (tertiary/aromatic N) is 1. The molecule has 3 rings (SSSR count). The summed E-state index contributed by atoms with van der Waals surface area (Å²) in [5.41, 5.74) is 8.00. The second kappa shape index (κ2) is 4.90. The highest BCUT2D eigenvalue weighted by molar-refractivity contribution is 9.10. The Morgan fingerprint density at radius 3 is 2.90 bits per heavy atom. The van der Waals surface area contributed by atoms with E-state index in [0.29, 0.717) is 5.56 Å². The summed E-state index contributed by atoms with van der Waals surface area (Å²) >= 11 is 4.80. The molecule has 0 radical (unpaired) electrons. The van der Waals surface area contributed by atoms with Crippen molar-refractivity contribution in [1.82, 2.24) is 4.98 Å². The molecule has 2 N–H and O–H groups in total. The number of benzene rings is 1. The Hall–Kier alpha value is -0.780. The van der Waals surface area contributed by atoms with Gasteiger partial charge in [-0.1, -0.05) is 29.8 Å². The van der Waals surface area contributed by atoms with E-state index in [1.807, 2.05) is 6.07 Å². The van der Waals surface area contributed by atoms with Crippen molar-refractivity contribution in [3.8, 4) is 10.6 Å². The maximum absolute atomic E-state index is 14.1. The molecule has 1 atom stereocenters. The molecule has 0 fully saturated rings. The normalized spacial score (nSPS) is 20.8. The van der Waals surface area contributed by atoms with Crippen LogP contribution in [0.15, 0.2) is 22.7 Å². The molecule has 1 aromatic carbocycles. The first-order valence-corrected chi connectivity index (χ1v) is 8.17. The molecule has 0 aliphatic heterocycles. The van der Waals surface area contributed by atoms with Gasteiger partial charge in [-0.15, -0.1) is 11.3 Å². The highest BCUT2D eigenvalue weighted by atomic mass is 79.9. The van der Waals surface area contributed by atoms with Crippen LogP contribution in [0.5, 0.6) is 0 Å². The van der Waals surface area contributed by atoms with Crippen molar-refractivity contribution in [3.05, 3.63) is 39.1 Å². The van der Waals surface area contributed by atoms with Crippen LogP contribution in [0.3, 0.4) is 0 Å². The third kappa shape index (κ3) is 2.54. The van der Waals surface area contributed by atoms with Gasteiger partial charge in [0.15, 0.2) is 0 Å². The van der Waals surface area contributed by atoms with Crippen LogP contribution in [0.2, 0.25) is 0 Å². The maximum Gasteiger partial charge on any atom is 0.134 e. The van der Waals surface area contributed by atoms with Gasteiger partial charge in [0.1, 0.15) is 10.8 Å². The minimum atomic E-state index is -0.252. The second-order valence-corrected chi connectivity index (χ2v) is 8.05. The molecule has 0 amide bonds. The van der Waals surface area contributed by atoms with Crippen LogP contribution in [0.1, 0.15) is 36.9 Å². The minimum absolute atomic E-state index is 0.0125. The number of nitrogens with two attached hydrogens (primary N) is 1. The molecule has 1 heterocycles. The van der Waals surface area contributed by atoms with Crippen molar-refractivity contribution >= 4 is 27.3 Å². The molecule has 5 heteroatoms. The topological polar surface area (TPSA) is 38.9 Å². The highest BCUT2D eigenvalue weighted by Gasteiger charge is 2.33. The third-order valence-electron chi connectivity index (χ3n) is 3.64. The largest absolute Gasteiger partial charge is 0.323 e. The van der Waals surface area contributed by atoms with Crippen LogP contribution in [0.25, 0.3) is 10.6 Å². The second-order valence-electron chi connectivity index (χ2n) is 6.11. The monoisotopic (exact) mass is 354 g/mol.